The van der Waals surface area contributed by atoms with Crippen LogP contribution in [0.25, 0.3) is 0 Å². The molecule has 2 bridgehead atoms. The minimum Gasteiger partial charge on any atom is -0.502 e. The SMILES string of the molecule is CC1C=CC(C)(C)N2CN1n1cc(C(=O)NCc3ccc(F)cc3F)c(=O)c(O)c1C2=O. The largest absolute Gasteiger partial charge is 0.502 e. The summed E-state index contributed by atoms with van der Waals surface area (Å²) < 4.78 is 28.2. The number of aromatic nitrogens is 1. The van der Waals surface area contributed by atoms with Crippen LogP contribution in [-0.4, -0.2) is 44.7 Å². The van der Waals surface area contributed by atoms with Crippen molar-refractivity contribution in [2.45, 2.75) is 38.9 Å². The number of amides is 2. The van der Waals surface area contributed by atoms with Crippen molar-refractivity contribution in [3.05, 3.63) is 75.2 Å². The maximum Gasteiger partial charge on any atom is 0.278 e. The van der Waals surface area contributed by atoms with Gasteiger partial charge in [0.05, 0.1) is 11.6 Å². The van der Waals surface area contributed by atoms with E-state index in [2.05, 4.69) is 5.32 Å². The van der Waals surface area contributed by atoms with Crippen LogP contribution < -0.4 is 15.8 Å². The predicted octanol–water partition coefficient (Wildman–Crippen LogP) is 1.85. The summed E-state index contributed by atoms with van der Waals surface area (Å²) in [5.74, 6) is -3.83. The molecule has 2 aliphatic heterocycles. The topological polar surface area (TPSA) is 94.9 Å². The Hall–Kier alpha value is -3.69. The van der Waals surface area contributed by atoms with Crippen LogP contribution >= 0.6 is 0 Å². The van der Waals surface area contributed by atoms with Crippen LogP contribution in [0.1, 0.15) is 47.2 Å². The minimum atomic E-state index is -1.01. The van der Waals surface area contributed by atoms with Crippen LogP contribution in [-0.2, 0) is 6.54 Å². The highest BCUT2D eigenvalue weighted by molar-refractivity contribution is 5.99. The number of hydrogen-bond donors (Lipinski definition) is 2. The molecule has 0 saturated heterocycles. The minimum absolute atomic E-state index is 0.0290. The fourth-order valence-corrected chi connectivity index (χ4v) is 3.83. The van der Waals surface area contributed by atoms with Crippen molar-refractivity contribution >= 4 is 11.8 Å². The van der Waals surface area contributed by atoms with E-state index in [0.29, 0.717) is 6.07 Å². The van der Waals surface area contributed by atoms with Gasteiger partial charge in [-0.05, 0) is 26.8 Å². The average molecular weight is 444 g/mol. The Kier molecular flexibility index (Phi) is 5.03. The van der Waals surface area contributed by atoms with Crippen molar-refractivity contribution in [3.63, 3.8) is 0 Å². The molecule has 10 heteroatoms. The van der Waals surface area contributed by atoms with Crippen molar-refractivity contribution in [2.75, 3.05) is 11.7 Å². The number of halogens is 2. The molecular formula is C22H22F2N4O4. The second-order valence-corrected chi connectivity index (χ2v) is 8.40. The van der Waals surface area contributed by atoms with E-state index < -0.39 is 45.7 Å². The Balaban J connectivity index is 1.72. The molecule has 2 aliphatic rings. The molecule has 1 aromatic carbocycles. The van der Waals surface area contributed by atoms with E-state index in [1.54, 1.807) is 5.01 Å². The van der Waals surface area contributed by atoms with Gasteiger partial charge in [-0.3, -0.25) is 24.1 Å². The normalized spacial score (nSPS) is 18.9. The van der Waals surface area contributed by atoms with Crippen molar-refractivity contribution in [3.8, 4) is 5.75 Å². The van der Waals surface area contributed by atoms with Gasteiger partial charge in [0.1, 0.15) is 23.9 Å². The maximum atomic E-state index is 13.8. The van der Waals surface area contributed by atoms with Gasteiger partial charge in [-0.2, -0.15) is 0 Å². The number of rotatable bonds is 3. The zero-order chi connectivity index (χ0) is 23.4. The number of nitrogens with one attached hydrogen (secondary N) is 1. The third kappa shape index (κ3) is 3.41. The van der Waals surface area contributed by atoms with E-state index in [-0.39, 0.29) is 30.5 Å². The number of nitrogens with zero attached hydrogens (tertiary/aromatic N) is 3. The molecule has 2 amide bonds. The molecule has 1 atom stereocenters. The van der Waals surface area contributed by atoms with E-state index in [0.717, 1.165) is 6.07 Å². The summed E-state index contributed by atoms with van der Waals surface area (Å²) in [5.41, 5.74) is -2.27. The summed E-state index contributed by atoms with van der Waals surface area (Å²) in [6.07, 6.45) is 4.97. The molecule has 0 aliphatic carbocycles. The molecule has 1 unspecified atom stereocenters. The van der Waals surface area contributed by atoms with Gasteiger partial charge in [-0.15, -0.1) is 0 Å². The highest BCUT2D eigenvalue weighted by Gasteiger charge is 2.42. The Labute approximate surface area is 182 Å². The third-order valence-electron chi connectivity index (χ3n) is 5.82. The molecule has 4 rings (SSSR count). The van der Waals surface area contributed by atoms with Crippen LogP contribution in [0.4, 0.5) is 8.78 Å². The molecule has 0 saturated carbocycles. The molecule has 168 valence electrons. The number of benzene rings is 1. The molecule has 0 fully saturated rings. The van der Waals surface area contributed by atoms with Crippen molar-refractivity contribution in [1.82, 2.24) is 14.9 Å². The molecule has 2 aromatic rings. The third-order valence-corrected chi connectivity index (χ3v) is 5.82. The molecule has 8 nitrogen and oxygen atoms in total. The first-order chi connectivity index (χ1) is 15.0. The van der Waals surface area contributed by atoms with Gasteiger partial charge >= 0.3 is 0 Å². The summed E-state index contributed by atoms with van der Waals surface area (Å²) in [6, 6.07) is 2.71. The van der Waals surface area contributed by atoms with E-state index in [1.165, 1.54) is 21.8 Å². The molecule has 3 heterocycles. The fourth-order valence-electron chi connectivity index (χ4n) is 3.83. The second-order valence-electron chi connectivity index (χ2n) is 8.40. The van der Waals surface area contributed by atoms with Crippen LogP contribution in [0.5, 0.6) is 5.75 Å². The predicted molar refractivity (Wildman–Crippen MR) is 112 cm³/mol. The average Bonchev–Trinajstić information content (AvgIpc) is 2.83. The number of pyridine rings is 1. The van der Waals surface area contributed by atoms with E-state index in [9.17, 15) is 28.3 Å². The van der Waals surface area contributed by atoms with Crippen LogP contribution in [0.15, 0.2) is 41.3 Å². The maximum absolute atomic E-state index is 13.8. The molecule has 1 aromatic heterocycles. The lowest BCUT2D eigenvalue weighted by Crippen LogP contribution is -2.60. The van der Waals surface area contributed by atoms with Crippen LogP contribution in [0, 0.1) is 11.6 Å². The zero-order valence-electron chi connectivity index (χ0n) is 17.7. The standard InChI is InChI=1S/C22H22F2N4O4/c1-12-6-7-22(2,3)26-11-28(12)27-10-15(18(29)19(30)17(27)21(26)32)20(31)25-9-13-4-5-14(23)8-16(13)24/h4-8,10,12,30H,9,11H2,1-3H3,(H,25,31). The highest BCUT2D eigenvalue weighted by Crippen LogP contribution is 2.30. The first-order valence-electron chi connectivity index (χ1n) is 10.0. The number of aromatic hydroxyl groups is 1. The van der Waals surface area contributed by atoms with Gasteiger partial charge in [0, 0.05) is 24.4 Å². The summed E-state index contributed by atoms with van der Waals surface area (Å²) in [7, 11) is 0. The quantitative estimate of drug-likeness (QED) is 0.705. The van der Waals surface area contributed by atoms with Gasteiger partial charge in [0.25, 0.3) is 11.8 Å². The van der Waals surface area contributed by atoms with Gasteiger partial charge in [-0.25, -0.2) is 8.78 Å². The zero-order valence-corrected chi connectivity index (χ0v) is 17.7. The van der Waals surface area contributed by atoms with E-state index in [1.807, 2.05) is 32.9 Å². The van der Waals surface area contributed by atoms with E-state index in [4.69, 9.17) is 0 Å². The number of carbonyl (C=O) groups excluding carboxylic acids is 2. The van der Waals surface area contributed by atoms with Gasteiger partial charge < -0.3 is 15.3 Å². The molecule has 32 heavy (non-hydrogen) atoms. The summed E-state index contributed by atoms with van der Waals surface area (Å²) in [5, 5.41) is 14.7. The van der Waals surface area contributed by atoms with Crippen LogP contribution in [0.3, 0.4) is 0 Å². The summed E-state index contributed by atoms with van der Waals surface area (Å²) in [4.78, 5) is 40.1. The Morgan fingerprint density at radius 1 is 1.28 bits per heavy atom. The molecule has 0 radical (unpaired) electrons. The summed E-state index contributed by atoms with van der Waals surface area (Å²) in [6.45, 7) is 5.45. The smallest absolute Gasteiger partial charge is 0.278 e. The number of hydrogen-bond acceptors (Lipinski definition) is 5. The molecular weight excluding hydrogens is 422 g/mol. The Bertz CT molecular complexity index is 1220. The fraction of sp³-hybridized carbons (Fsp3) is 0.318. The lowest BCUT2D eigenvalue weighted by molar-refractivity contribution is 0.0545. The lowest BCUT2D eigenvalue weighted by Gasteiger charge is -2.45. The molecule has 2 N–H and O–H groups in total. The van der Waals surface area contributed by atoms with Crippen molar-refractivity contribution in [2.24, 2.45) is 0 Å². The Morgan fingerprint density at radius 2 is 2.00 bits per heavy atom. The van der Waals surface area contributed by atoms with Crippen molar-refractivity contribution in [1.29, 1.82) is 0 Å². The highest BCUT2D eigenvalue weighted by atomic mass is 19.1. The van der Waals surface area contributed by atoms with Gasteiger partial charge in [0.2, 0.25) is 5.43 Å². The lowest BCUT2D eigenvalue weighted by atomic mass is 10.0. The van der Waals surface area contributed by atoms with E-state index >= 15 is 0 Å². The van der Waals surface area contributed by atoms with Gasteiger partial charge in [-0.1, -0.05) is 18.2 Å². The second kappa shape index (κ2) is 7.47. The Morgan fingerprint density at radius 3 is 2.69 bits per heavy atom. The number of fused-ring (bicyclic) bond motifs is 4. The number of carbonyl (C=O) groups is 2. The van der Waals surface area contributed by atoms with Crippen LogP contribution in [0.2, 0.25) is 0 Å². The van der Waals surface area contributed by atoms with Gasteiger partial charge in [0.15, 0.2) is 11.4 Å². The first kappa shape index (κ1) is 21.5. The summed E-state index contributed by atoms with van der Waals surface area (Å²) >= 11 is 0. The monoisotopic (exact) mass is 444 g/mol. The van der Waals surface area contributed by atoms with Crippen molar-refractivity contribution < 1.29 is 23.5 Å². The molecule has 0 spiro atoms. The first-order valence-corrected chi connectivity index (χ1v) is 10.0.